The SMILES string of the molecule is Cc1ccc(-c2nc(CN(C)Cc3c(C)nn(C)c3C)cs2)cc1. The number of aromatic nitrogens is 3. The molecule has 0 atom stereocenters. The van der Waals surface area contributed by atoms with Crippen LogP contribution in [0.4, 0.5) is 0 Å². The van der Waals surface area contributed by atoms with Gasteiger partial charge in [-0.1, -0.05) is 29.8 Å². The first kappa shape index (κ1) is 16.9. The van der Waals surface area contributed by atoms with Crippen molar-refractivity contribution in [1.29, 1.82) is 0 Å². The van der Waals surface area contributed by atoms with Crippen LogP contribution in [0.2, 0.25) is 0 Å². The molecule has 0 saturated heterocycles. The third-order valence-electron chi connectivity index (χ3n) is 4.37. The largest absolute Gasteiger partial charge is 0.296 e. The first-order chi connectivity index (χ1) is 11.4. The fourth-order valence-electron chi connectivity index (χ4n) is 2.86. The van der Waals surface area contributed by atoms with E-state index in [4.69, 9.17) is 4.98 Å². The summed E-state index contributed by atoms with van der Waals surface area (Å²) in [6.07, 6.45) is 0. The molecule has 0 fully saturated rings. The molecular formula is C19H24N4S. The predicted molar refractivity (Wildman–Crippen MR) is 100 cm³/mol. The Bertz CT molecular complexity index is 830. The highest BCUT2D eigenvalue weighted by Gasteiger charge is 2.13. The van der Waals surface area contributed by atoms with Crippen molar-refractivity contribution in [2.75, 3.05) is 7.05 Å². The van der Waals surface area contributed by atoms with Crippen molar-refractivity contribution < 1.29 is 0 Å². The fourth-order valence-corrected chi connectivity index (χ4v) is 3.67. The summed E-state index contributed by atoms with van der Waals surface area (Å²) in [5, 5.41) is 7.75. The van der Waals surface area contributed by atoms with E-state index in [1.165, 1.54) is 22.4 Å². The molecule has 0 aliphatic carbocycles. The number of benzene rings is 1. The molecule has 0 aliphatic rings. The molecular weight excluding hydrogens is 316 g/mol. The molecule has 0 amide bonds. The molecule has 1 aromatic carbocycles. The third kappa shape index (κ3) is 3.57. The van der Waals surface area contributed by atoms with E-state index in [-0.39, 0.29) is 0 Å². The van der Waals surface area contributed by atoms with Gasteiger partial charge in [-0.2, -0.15) is 5.10 Å². The first-order valence-corrected chi connectivity index (χ1v) is 9.01. The minimum absolute atomic E-state index is 0.843. The predicted octanol–water partition coefficient (Wildman–Crippen LogP) is 4.10. The van der Waals surface area contributed by atoms with E-state index in [1.807, 2.05) is 11.7 Å². The Balaban J connectivity index is 1.69. The van der Waals surface area contributed by atoms with Gasteiger partial charge in [0.15, 0.2) is 0 Å². The summed E-state index contributed by atoms with van der Waals surface area (Å²) in [5.41, 5.74) is 7.25. The number of rotatable bonds is 5. The summed E-state index contributed by atoms with van der Waals surface area (Å²) in [6, 6.07) is 8.56. The zero-order chi connectivity index (χ0) is 17.3. The van der Waals surface area contributed by atoms with Crippen LogP contribution >= 0.6 is 11.3 Å². The highest BCUT2D eigenvalue weighted by atomic mass is 32.1. The van der Waals surface area contributed by atoms with Gasteiger partial charge in [0.1, 0.15) is 5.01 Å². The maximum atomic E-state index is 4.80. The first-order valence-electron chi connectivity index (χ1n) is 8.13. The fraction of sp³-hybridized carbons (Fsp3) is 0.368. The Morgan fingerprint density at radius 1 is 1.08 bits per heavy atom. The lowest BCUT2D eigenvalue weighted by Gasteiger charge is -2.15. The van der Waals surface area contributed by atoms with E-state index < -0.39 is 0 Å². The minimum atomic E-state index is 0.843. The van der Waals surface area contributed by atoms with Crippen LogP contribution in [0.5, 0.6) is 0 Å². The van der Waals surface area contributed by atoms with Crippen LogP contribution in [0, 0.1) is 20.8 Å². The molecule has 0 radical (unpaired) electrons. The number of thiazole rings is 1. The quantitative estimate of drug-likeness (QED) is 0.701. The number of nitrogens with zero attached hydrogens (tertiary/aromatic N) is 4. The van der Waals surface area contributed by atoms with Gasteiger partial charge in [0.05, 0.1) is 11.4 Å². The molecule has 0 spiro atoms. The van der Waals surface area contributed by atoms with Gasteiger partial charge in [-0.3, -0.25) is 9.58 Å². The molecule has 4 nitrogen and oxygen atoms in total. The normalized spacial score (nSPS) is 11.4. The van der Waals surface area contributed by atoms with E-state index in [1.54, 1.807) is 11.3 Å². The molecule has 0 bridgehead atoms. The Kier molecular flexibility index (Phi) is 4.83. The smallest absolute Gasteiger partial charge is 0.123 e. The molecule has 0 aliphatic heterocycles. The van der Waals surface area contributed by atoms with Crippen molar-refractivity contribution >= 4 is 11.3 Å². The van der Waals surface area contributed by atoms with Gasteiger partial charge in [0.2, 0.25) is 0 Å². The standard InChI is InChI=1S/C19H24N4S/c1-13-6-8-16(9-7-13)19-20-17(12-24-19)10-22(4)11-18-14(2)21-23(5)15(18)3/h6-9,12H,10-11H2,1-5H3. The zero-order valence-electron chi connectivity index (χ0n) is 15.0. The van der Waals surface area contributed by atoms with Crippen LogP contribution in [-0.2, 0) is 20.1 Å². The van der Waals surface area contributed by atoms with Crippen molar-refractivity contribution in [3.8, 4) is 10.6 Å². The number of hydrogen-bond acceptors (Lipinski definition) is 4. The second kappa shape index (κ2) is 6.87. The summed E-state index contributed by atoms with van der Waals surface area (Å²) in [5.74, 6) is 0. The lowest BCUT2D eigenvalue weighted by atomic mass is 10.2. The zero-order valence-corrected chi connectivity index (χ0v) is 15.8. The van der Waals surface area contributed by atoms with E-state index in [0.717, 1.165) is 29.5 Å². The summed E-state index contributed by atoms with van der Waals surface area (Å²) >= 11 is 1.71. The lowest BCUT2D eigenvalue weighted by Crippen LogP contribution is -2.18. The van der Waals surface area contributed by atoms with Crippen LogP contribution < -0.4 is 0 Å². The van der Waals surface area contributed by atoms with Gasteiger partial charge in [0, 0.05) is 42.3 Å². The third-order valence-corrected chi connectivity index (χ3v) is 5.31. The van der Waals surface area contributed by atoms with Crippen molar-refractivity contribution in [3.05, 3.63) is 57.9 Å². The van der Waals surface area contributed by atoms with Gasteiger partial charge >= 0.3 is 0 Å². The van der Waals surface area contributed by atoms with Gasteiger partial charge in [-0.15, -0.1) is 11.3 Å². The number of aryl methyl sites for hydroxylation is 3. The molecule has 2 heterocycles. The molecule has 3 rings (SSSR count). The maximum Gasteiger partial charge on any atom is 0.123 e. The molecule has 126 valence electrons. The van der Waals surface area contributed by atoms with E-state index in [2.05, 4.69) is 67.5 Å². The molecule has 2 aromatic heterocycles. The maximum absolute atomic E-state index is 4.80. The highest BCUT2D eigenvalue weighted by molar-refractivity contribution is 7.13. The number of hydrogen-bond donors (Lipinski definition) is 0. The Labute approximate surface area is 147 Å². The average Bonchev–Trinajstić information content (AvgIpc) is 3.09. The molecule has 3 aromatic rings. The van der Waals surface area contributed by atoms with Gasteiger partial charge in [-0.25, -0.2) is 4.98 Å². The monoisotopic (exact) mass is 340 g/mol. The second-order valence-electron chi connectivity index (χ2n) is 6.46. The summed E-state index contributed by atoms with van der Waals surface area (Å²) in [4.78, 5) is 7.09. The lowest BCUT2D eigenvalue weighted by molar-refractivity contribution is 0.314. The van der Waals surface area contributed by atoms with Gasteiger partial charge < -0.3 is 0 Å². The highest BCUT2D eigenvalue weighted by Crippen LogP contribution is 2.25. The topological polar surface area (TPSA) is 34.0 Å². The molecule has 24 heavy (non-hydrogen) atoms. The molecule has 0 saturated carbocycles. The summed E-state index contributed by atoms with van der Waals surface area (Å²) in [7, 11) is 4.14. The van der Waals surface area contributed by atoms with Gasteiger partial charge in [-0.05, 0) is 27.8 Å². The van der Waals surface area contributed by atoms with Crippen LogP contribution in [0.1, 0.15) is 28.2 Å². The van der Waals surface area contributed by atoms with Crippen molar-refractivity contribution in [3.63, 3.8) is 0 Å². The molecule has 5 heteroatoms. The minimum Gasteiger partial charge on any atom is -0.296 e. The van der Waals surface area contributed by atoms with Crippen LogP contribution in [0.3, 0.4) is 0 Å². The van der Waals surface area contributed by atoms with Crippen LogP contribution in [0.15, 0.2) is 29.6 Å². The van der Waals surface area contributed by atoms with Crippen molar-refractivity contribution in [2.24, 2.45) is 7.05 Å². The second-order valence-corrected chi connectivity index (χ2v) is 7.31. The average molecular weight is 340 g/mol. The van der Waals surface area contributed by atoms with E-state index in [9.17, 15) is 0 Å². The van der Waals surface area contributed by atoms with Crippen LogP contribution in [-0.4, -0.2) is 26.7 Å². The molecule has 0 unspecified atom stereocenters. The molecule has 0 N–H and O–H groups in total. The van der Waals surface area contributed by atoms with E-state index >= 15 is 0 Å². The van der Waals surface area contributed by atoms with Crippen molar-refractivity contribution in [1.82, 2.24) is 19.7 Å². The van der Waals surface area contributed by atoms with Gasteiger partial charge in [0.25, 0.3) is 0 Å². The Morgan fingerprint density at radius 2 is 1.79 bits per heavy atom. The van der Waals surface area contributed by atoms with E-state index in [0.29, 0.717) is 0 Å². The summed E-state index contributed by atoms with van der Waals surface area (Å²) in [6.45, 7) is 8.05. The Hall–Kier alpha value is -1.98. The van der Waals surface area contributed by atoms with Crippen LogP contribution in [0.25, 0.3) is 10.6 Å². The summed E-state index contributed by atoms with van der Waals surface area (Å²) < 4.78 is 1.96. The van der Waals surface area contributed by atoms with Crippen molar-refractivity contribution in [2.45, 2.75) is 33.9 Å². The Morgan fingerprint density at radius 3 is 2.42 bits per heavy atom.